The van der Waals surface area contributed by atoms with Gasteiger partial charge in [-0.05, 0) is 56.9 Å². The number of hydrogen-bond acceptors (Lipinski definition) is 4. The number of amides is 2. The molecule has 2 atom stereocenters. The van der Waals surface area contributed by atoms with Gasteiger partial charge in [-0.2, -0.15) is 0 Å². The number of para-hydroxylation sites is 1. The minimum Gasteiger partial charge on any atom is -0.487 e. The second-order valence-corrected chi connectivity index (χ2v) is 10.9. The number of nitrogens with one attached hydrogen (secondary N) is 3. The standard InChI is InChI=1S/C31H38N4O3/c1-6-9-16-25(35-27(36)20-31(7-2,8-3)34-29(35)32)21-13-12-14-22(18-21)28(37)33-24-19-30(4,5)38-26-17-11-10-15-23(24)26/h1,10-15,17-18,24-25H,7-9,16,19-20H2,2-5H3,(H2,32,34)(H,33,37)/t24?,25-/m1/s1. The van der Waals surface area contributed by atoms with Crippen molar-refractivity contribution >= 4 is 17.8 Å². The van der Waals surface area contributed by atoms with Crippen LogP contribution in [0.15, 0.2) is 48.5 Å². The molecule has 38 heavy (non-hydrogen) atoms. The summed E-state index contributed by atoms with van der Waals surface area (Å²) in [6.45, 7) is 8.09. The monoisotopic (exact) mass is 514 g/mol. The maximum Gasteiger partial charge on any atom is 0.251 e. The summed E-state index contributed by atoms with van der Waals surface area (Å²) in [5.74, 6) is 3.23. The first-order chi connectivity index (χ1) is 18.1. The molecule has 2 aromatic carbocycles. The lowest BCUT2D eigenvalue weighted by Gasteiger charge is -2.45. The van der Waals surface area contributed by atoms with E-state index in [2.05, 4.69) is 16.6 Å². The molecule has 7 heteroatoms. The maximum absolute atomic E-state index is 13.5. The Kier molecular flexibility index (Phi) is 7.82. The zero-order valence-corrected chi connectivity index (χ0v) is 22.8. The van der Waals surface area contributed by atoms with Gasteiger partial charge in [-0.1, -0.05) is 44.2 Å². The molecular weight excluding hydrogens is 476 g/mol. The highest BCUT2D eigenvalue weighted by Gasteiger charge is 2.42. The third kappa shape index (κ3) is 5.55. The summed E-state index contributed by atoms with van der Waals surface area (Å²) in [7, 11) is 0. The molecule has 0 saturated carbocycles. The summed E-state index contributed by atoms with van der Waals surface area (Å²) in [4.78, 5) is 28.4. The largest absolute Gasteiger partial charge is 0.487 e. The van der Waals surface area contributed by atoms with E-state index in [0.29, 0.717) is 31.2 Å². The highest BCUT2D eigenvalue weighted by molar-refractivity contribution is 6.00. The molecule has 0 bridgehead atoms. The topological polar surface area (TPSA) is 94.5 Å². The number of carbonyl (C=O) groups is 2. The Labute approximate surface area is 225 Å². The van der Waals surface area contributed by atoms with Crippen molar-refractivity contribution in [2.75, 3.05) is 0 Å². The summed E-state index contributed by atoms with van der Waals surface area (Å²) in [6.07, 6.45) is 8.98. The molecule has 1 unspecified atom stereocenters. The number of rotatable bonds is 8. The molecule has 4 rings (SSSR count). The molecule has 0 aliphatic carbocycles. The van der Waals surface area contributed by atoms with E-state index in [1.54, 1.807) is 6.07 Å². The van der Waals surface area contributed by atoms with Crippen molar-refractivity contribution in [1.29, 1.82) is 5.41 Å². The fourth-order valence-corrected chi connectivity index (χ4v) is 5.59. The van der Waals surface area contributed by atoms with Crippen molar-refractivity contribution in [3.8, 4) is 18.1 Å². The van der Waals surface area contributed by atoms with E-state index in [4.69, 9.17) is 16.6 Å². The summed E-state index contributed by atoms with van der Waals surface area (Å²) < 4.78 is 6.11. The third-order valence-corrected chi connectivity index (χ3v) is 7.83. The molecule has 7 nitrogen and oxygen atoms in total. The van der Waals surface area contributed by atoms with E-state index < -0.39 is 17.2 Å². The molecule has 2 aliphatic heterocycles. The van der Waals surface area contributed by atoms with Gasteiger partial charge in [0.15, 0.2) is 5.96 Å². The van der Waals surface area contributed by atoms with Crippen LogP contribution >= 0.6 is 0 Å². The van der Waals surface area contributed by atoms with Gasteiger partial charge in [0, 0.05) is 29.5 Å². The minimum absolute atomic E-state index is 0.0860. The predicted octanol–water partition coefficient (Wildman–Crippen LogP) is 5.49. The fourth-order valence-electron chi connectivity index (χ4n) is 5.59. The number of benzene rings is 2. The molecule has 200 valence electrons. The Morgan fingerprint density at radius 1 is 1.24 bits per heavy atom. The van der Waals surface area contributed by atoms with Gasteiger partial charge in [0.05, 0.1) is 18.5 Å². The average Bonchev–Trinajstić information content (AvgIpc) is 2.89. The lowest BCUT2D eigenvalue weighted by Crippen LogP contribution is -2.62. The van der Waals surface area contributed by atoms with Gasteiger partial charge >= 0.3 is 0 Å². The summed E-state index contributed by atoms with van der Waals surface area (Å²) in [6, 6.07) is 14.4. The molecule has 0 radical (unpaired) electrons. The molecule has 1 fully saturated rings. The number of hydrogen-bond donors (Lipinski definition) is 3. The predicted molar refractivity (Wildman–Crippen MR) is 149 cm³/mol. The fraction of sp³-hybridized carbons (Fsp3) is 0.452. The van der Waals surface area contributed by atoms with Crippen LogP contribution in [0.2, 0.25) is 0 Å². The molecule has 2 heterocycles. The van der Waals surface area contributed by atoms with Crippen LogP contribution in [-0.4, -0.2) is 33.8 Å². The van der Waals surface area contributed by atoms with Crippen LogP contribution in [0.4, 0.5) is 0 Å². The Morgan fingerprint density at radius 3 is 2.66 bits per heavy atom. The van der Waals surface area contributed by atoms with Crippen molar-refractivity contribution in [1.82, 2.24) is 15.5 Å². The van der Waals surface area contributed by atoms with E-state index in [-0.39, 0.29) is 23.8 Å². The van der Waals surface area contributed by atoms with Crippen LogP contribution in [-0.2, 0) is 4.79 Å². The van der Waals surface area contributed by atoms with Crippen LogP contribution in [0, 0.1) is 17.8 Å². The van der Waals surface area contributed by atoms with Crippen LogP contribution in [0.1, 0.15) is 99.8 Å². The Bertz CT molecular complexity index is 1240. The highest BCUT2D eigenvalue weighted by atomic mass is 16.5. The molecule has 2 aliphatic rings. The van der Waals surface area contributed by atoms with Crippen molar-refractivity contribution in [3.05, 3.63) is 65.2 Å². The van der Waals surface area contributed by atoms with Crippen molar-refractivity contribution in [2.24, 2.45) is 0 Å². The van der Waals surface area contributed by atoms with Crippen LogP contribution in [0.3, 0.4) is 0 Å². The van der Waals surface area contributed by atoms with E-state index in [0.717, 1.165) is 29.7 Å². The number of nitrogens with zero attached hydrogens (tertiary/aromatic N) is 1. The Balaban J connectivity index is 1.60. The van der Waals surface area contributed by atoms with Gasteiger partial charge in [-0.25, -0.2) is 0 Å². The van der Waals surface area contributed by atoms with Gasteiger partial charge < -0.3 is 15.4 Å². The van der Waals surface area contributed by atoms with E-state index in [1.165, 1.54) is 4.90 Å². The summed E-state index contributed by atoms with van der Waals surface area (Å²) in [5, 5.41) is 15.2. The van der Waals surface area contributed by atoms with Gasteiger partial charge in [-0.15, -0.1) is 12.3 Å². The van der Waals surface area contributed by atoms with Gasteiger partial charge in [0.25, 0.3) is 5.91 Å². The number of carbonyl (C=O) groups excluding carboxylic acids is 2. The Hall–Kier alpha value is -3.79. The number of terminal acetylenes is 1. The Morgan fingerprint density at radius 2 is 1.97 bits per heavy atom. The van der Waals surface area contributed by atoms with Gasteiger partial charge in [-0.3, -0.25) is 19.9 Å². The summed E-state index contributed by atoms with van der Waals surface area (Å²) in [5.41, 5.74) is 1.41. The molecular formula is C31H38N4O3. The lowest BCUT2D eigenvalue weighted by molar-refractivity contribution is -0.132. The lowest BCUT2D eigenvalue weighted by atomic mass is 9.85. The first-order valence-corrected chi connectivity index (χ1v) is 13.4. The quantitative estimate of drug-likeness (QED) is 0.406. The molecule has 3 N–H and O–H groups in total. The zero-order chi connectivity index (χ0) is 27.5. The molecule has 0 aromatic heterocycles. The van der Waals surface area contributed by atoms with E-state index in [1.807, 2.05) is 70.2 Å². The SMILES string of the molecule is C#CCC[C@H](c1cccc(C(=O)NC2CC(C)(C)Oc3ccccc32)c1)N1C(=N)NC(CC)(CC)CC1=O. The smallest absolute Gasteiger partial charge is 0.251 e. The van der Waals surface area contributed by atoms with Crippen molar-refractivity contribution in [2.45, 2.75) is 89.4 Å². The second-order valence-electron chi connectivity index (χ2n) is 10.9. The minimum atomic E-state index is -0.444. The maximum atomic E-state index is 13.5. The number of fused-ring (bicyclic) bond motifs is 1. The third-order valence-electron chi connectivity index (χ3n) is 7.83. The highest BCUT2D eigenvalue weighted by Crippen LogP contribution is 2.39. The van der Waals surface area contributed by atoms with Crippen LogP contribution in [0.5, 0.6) is 5.75 Å². The molecule has 2 amide bonds. The normalized spacial score (nSPS) is 20.4. The average molecular weight is 515 g/mol. The first kappa shape index (κ1) is 27.3. The zero-order valence-electron chi connectivity index (χ0n) is 22.8. The second kappa shape index (κ2) is 10.9. The van der Waals surface area contributed by atoms with Crippen molar-refractivity contribution in [3.63, 3.8) is 0 Å². The van der Waals surface area contributed by atoms with Crippen molar-refractivity contribution < 1.29 is 14.3 Å². The first-order valence-electron chi connectivity index (χ1n) is 13.4. The summed E-state index contributed by atoms with van der Waals surface area (Å²) >= 11 is 0. The molecule has 2 aromatic rings. The van der Waals surface area contributed by atoms with Crippen LogP contribution < -0.4 is 15.4 Å². The number of guanidine groups is 1. The molecule has 1 saturated heterocycles. The van der Waals surface area contributed by atoms with Crippen LogP contribution in [0.25, 0.3) is 0 Å². The van der Waals surface area contributed by atoms with Gasteiger partial charge in [0.2, 0.25) is 5.91 Å². The van der Waals surface area contributed by atoms with E-state index >= 15 is 0 Å². The van der Waals surface area contributed by atoms with E-state index in [9.17, 15) is 9.59 Å². The molecule has 0 spiro atoms. The van der Waals surface area contributed by atoms with Gasteiger partial charge in [0.1, 0.15) is 11.4 Å². The number of ether oxygens (including phenoxy) is 1.